The number of urea groups is 1. The molecule has 2 atom stereocenters. The first-order valence-corrected chi connectivity index (χ1v) is 15.2. The van der Waals surface area contributed by atoms with Gasteiger partial charge in [-0.15, -0.1) is 0 Å². The van der Waals surface area contributed by atoms with Crippen molar-refractivity contribution < 1.29 is 19.0 Å². The third-order valence-corrected chi connectivity index (χ3v) is 8.11. The molecule has 0 aliphatic carbocycles. The molecule has 0 saturated carbocycles. The molecule has 2 amide bonds. The lowest BCUT2D eigenvalue weighted by molar-refractivity contribution is 0.0899. The van der Waals surface area contributed by atoms with Crippen LogP contribution in [-0.2, 0) is 9.47 Å². The van der Waals surface area contributed by atoms with Crippen molar-refractivity contribution in [3.8, 4) is 17.1 Å². The minimum absolute atomic E-state index is 0.321. The van der Waals surface area contributed by atoms with Gasteiger partial charge in [0.2, 0.25) is 0 Å². The minimum atomic E-state index is -0.321. The highest BCUT2D eigenvalue weighted by Crippen LogP contribution is 2.35. The van der Waals surface area contributed by atoms with Gasteiger partial charge >= 0.3 is 6.03 Å². The number of anilines is 4. The highest BCUT2D eigenvalue weighted by atomic mass is 16.5. The Bertz CT molecular complexity index is 1350. The average Bonchev–Trinajstić information content (AvgIpc) is 3.26. The lowest BCUT2D eigenvalue weighted by atomic mass is 10.1. The standard InChI is InChI=1S/C32H41N7O4/c1-38(2)15-18-43-28-11-7-24(8-12-28)35-32(40)34-23-5-3-22(4-6-23)31-36-29(33-25-13-16-41-17-14-25)19-30(37-31)39-26-9-10-27(39)21-42-20-26/h3-8,11-12,19,25-27H,9-10,13-18,20-21H2,1-2H3,(H,33,36,37)(H2,34,35,40). The molecule has 1 aromatic heterocycles. The van der Waals surface area contributed by atoms with Gasteiger partial charge in [-0.1, -0.05) is 0 Å². The molecule has 0 spiro atoms. The maximum Gasteiger partial charge on any atom is 0.323 e. The van der Waals surface area contributed by atoms with E-state index in [1.54, 1.807) is 0 Å². The van der Waals surface area contributed by atoms with Crippen molar-refractivity contribution in [1.82, 2.24) is 14.9 Å². The Hall–Kier alpha value is -3.93. The van der Waals surface area contributed by atoms with Crippen molar-refractivity contribution in [2.45, 2.75) is 43.8 Å². The van der Waals surface area contributed by atoms with E-state index in [0.29, 0.717) is 41.9 Å². The SMILES string of the molecule is CN(C)CCOc1ccc(NC(=O)Nc2ccc(-c3nc(NC4CCOCC4)cc(N4C5CCC4COC5)n3)cc2)cc1. The molecule has 3 fully saturated rings. The van der Waals surface area contributed by atoms with Gasteiger partial charge < -0.3 is 40.0 Å². The van der Waals surface area contributed by atoms with Crippen LogP contribution in [0.3, 0.4) is 0 Å². The van der Waals surface area contributed by atoms with E-state index in [-0.39, 0.29) is 6.03 Å². The number of likely N-dealkylation sites (N-methyl/N-ethyl adjacent to an activating group) is 1. The van der Waals surface area contributed by atoms with E-state index < -0.39 is 0 Å². The van der Waals surface area contributed by atoms with E-state index in [9.17, 15) is 4.79 Å². The molecular formula is C32H41N7O4. The Kier molecular flexibility index (Phi) is 9.21. The third-order valence-electron chi connectivity index (χ3n) is 8.11. The Balaban J connectivity index is 1.13. The number of carbonyl (C=O) groups excluding carboxylic acids is 1. The largest absolute Gasteiger partial charge is 0.492 e. The van der Waals surface area contributed by atoms with Crippen LogP contribution in [0.1, 0.15) is 25.7 Å². The van der Waals surface area contributed by atoms with Crippen molar-refractivity contribution in [2.75, 3.05) is 74.5 Å². The van der Waals surface area contributed by atoms with E-state index in [0.717, 1.165) is 81.6 Å². The molecule has 11 heteroatoms. The van der Waals surface area contributed by atoms with Crippen molar-refractivity contribution in [1.29, 1.82) is 0 Å². The van der Waals surface area contributed by atoms with Gasteiger partial charge in [0.1, 0.15) is 24.0 Å². The molecule has 11 nitrogen and oxygen atoms in total. The van der Waals surface area contributed by atoms with Crippen LogP contribution in [0.15, 0.2) is 54.6 Å². The van der Waals surface area contributed by atoms with Gasteiger partial charge in [-0.3, -0.25) is 0 Å². The molecule has 2 aromatic carbocycles. The molecule has 3 aliphatic heterocycles. The van der Waals surface area contributed by atoms with Crippen LogP contribution in [0.4, 0.5) is 27.8 Å². The van der Waals surface area contributed by atoms with Crippen LogP contribution in [0.25, 0.3) is 11.4 Å². The normalized spacial score (nSPS) is 20.2. The molecular weight excluding hydrogens is 546 g/mol. The fourth-order valence-electron chi connectivity index (χ4n) is 5.80. The molecule has 228 valence electrons. The lowest BCUT2D eigenvalue weighted by Gasteiger charge is -2.36. The zero-order chi connectivity index (χ0) is 29.6. The van der Waals surface area contributed by atoms with E-state index >= 15 is 0 Å². The maximum absolute atomic E-state index is 12.7. The predicted molar refractivity (Wildman–Crippen MR) is 168 cm³/mol. The summed E-state index contributed by atoms with van der Waals surface area (Å²) in [6.07, 6.45) is 4.14. The second-order valence-electron chi connectivity index (χ2n) is 11.6. The molecule has 43 heavy (non-hydrogen) atoms. The minimum Gasteiger partial charge on any atom is -0.492 e. The number of nitrogens with one attached hydrogen (secondary N) is 3. The summed E-state index contributed by atoms with van der Waals surface area (Å²) in [5, 5.41) is 9.41. The number of nitrogens with zero attached hydrogens (tertiary/aromatic N) is 4. The fraction of sp³-hybridized carbons (Fsp3) is 0.469. The summed E-state index contributed by atoms with van der Waals surface area (Å²) in [4.78, 5) is 27.1. The Morgan fingerprint density at radius 2 is 1.56 bits per heavy atom. The van der Waals surface area contributed by atoms with Gasteiger partial charge in [0, 0.05) is 48.8 Å². The topological polar surface area (TPSA) is 113 Å². The summed E-state index contributed by atoms with van der Waals surface area (Å²) in [6, 6.07) is 17.7. The highest BCUT2D eigenvalue weighted by molar-refractivity contribution is 5.99. The second kappa shape index (κ2) is 13.6. The van der Waals surface area contributed by atoms with Crippen molar-refractivity contribution >= 4 is 29.0 Å². The third kappa shape index (κ3) is 7.54. The lowest BCUT2D eigenvalue weighted by Crippen LogP contribution is -2.46. The summed E-state index contributed by atoms with van der Waals surface area (Å²) in [6.45, 7) is 4.42. The molecule has 3 N–H and O–H groups in total. The number of fused-ring (bicyclic) bond motifs is 2. The number of morpholine rings is 1. The van der Waals surface area contributed by atoms with Crippen LogP contribution < -0.4 is 25.6 Å². The van der Waals surface area contributed by atoms with E-state index in [1.807, 2.05) is 62.6 Å². The quantitative estimate of drug-likeness (QED) is 0.311. The number of amides is 2. The van der Waals surface area contributed by atoms with Gasteiger partial charge in [-0.2, -0.15) is 0 Å². The molecule has 6 rings (SSSR count). The monoisotopic (exact) mass is 587 g/mol. The summed E-state index contributed by atoms with van der Waals surface area (Å²) in [5.74, 6) is 3.18. The number of hydrogen-bond donors (Lipinski definition) is 3. The van der Waals surface area contributed by atoms with Gasteiger partial charge in [0.25, 0.3) is 0 Å². The van der Waals surface area contributed by atoms with Gasteiger partial charge in [-0.05, 0) is 88.3 Å². The summed E-state index contributed by atoms with van der Waals surface area (Å²) < 4.78 is 17.1. The van der Waals surface area contributed by atoms with E-state index in [4.69, 9.17) is 24.2 Å². The van der Waals surface area contributed by atoms with Crippen LogP contribution in [-0.4, -0.2) is 92.7 Å². The number of benzene rings is 2. The predicted octanol–water partition coefficient (Wildman–Crippen LogP) is 4.69. The molecule has 4 heterocycles. The molecule has 2 unspecified atom stereocenters. The summed E-state index contributed by atoms with van der Waals surface area (Å²) in [7, 11) is 4.01. The molecule has 3 aliphatic rings. The maximum atomic E-state index is 12.7. The Morgan fingerprint density at radius 1 is 0.907 bits per heavy atom. The first-order chi connectivity index (χ1) is 21.0. The number of aromatic nitrogens is 2. The average molecular weight is 588 g/mol. The van der Waals surface area contributed by atoms with Crippen molar-refractivity contribution in [2.24, 2.45) is 0 Å². The number of carbonyl (C=O) groups is 1. The summed E-state index contributed by atoms with van der Waals surface area (Å²) in [5.41, 5.74) is 2.24. The van der Waals surface area contributed by atoms with Crippen molar-refractivity contribution in [3.05, 3.63) is 54.6 Å². The van der Waals surface area contributed by atoms with Crippen LogP contribution in [0, 0.1) is 0 Å². The zero-order valence-corrected chi connectivity index (χ0v) is 24.9. The van der Waals surface area contributed by atoms with Gasteiger partial charge in [0.15, 0.2) is 5.82 Å². The first-order valence-electron chi connectivity index (χ1n) is 15.2. The van der Waals surface area contributed by atoms with Gasteiger partial charge in [0.05, 0.1) is 25.3 Å². The second-order valence-corrected chi connectivity index (χ2v) is 11.6. The molecule has 0 radical (unpaired) electrons. The fourth-order valence-corrected chi connectivity index (χ4v) is 5.80. The highest BCUT2D eigenvalue weighted by Gasteiger charge is 2.38. The van der Waals surface area contributed by atoms with Crippen LogP contribution in [0.2, 0.25) is 0 Å². The number of hydrogen-bond acceptors (Lipinski definition) is 9. The van der Waals surface area contributed by atoms with E-state index in [1.165, 1.54) is 0 Å². The van der Waals surface area contributed by atoms with E-state index in [2.05, 4.69) is 31.8 Å². The smallest absolute Gasteiger partial charge is 0.323 e. The molecule has 2 bridgehead atoms. The van der Waals surface area contributed by atoms with Crippen LogP contribution in [0.5, 0.6) is 5.75 Å². The molecule has 3 saturated heterocycles. The molecule has 3 aromatic rings. The number of ether oxygens (including phenoxy) is 3. The Morgan fingerprint density at radius 3 is 2.21 bits per heavy atom. The zero-order valence-electron chi connectivity index (χ0n) is 24.9. The first kappa shape index (κ1) is 29.2. The summed E-state index contributed by atoms with van der Waals surface area (Å²) >= 11 is 0. The van der Waals surface area contributed by atoms with Crippen molar-refractivity contribution in [3.63, 3.8) is 0 Å². The number of rotatable bonds is 10. The van der Waals surface area contributed by atoms with Crippen LogP contribution >= 0.6 is 0 Å². The Labute approximate surface area is 252 Å². The van der Waals surface area contributed by atoms with Gasteiger partial charge in [-0.25, -0.2) is 14.8 Å².